The number of amides is 2. The van der Waals surface area contributed by atoms with Crippen LogP contribution in [0.3, 0.4) is 0 Å². The third-order valence-corrected chi connectivity index (χ3v) is 6.98. The van der Waals surface area contributed by atoms with Crippen molar-refractivity contribution in [3.05, 3.63) is 41.1 Å². The first-order chi connectivity index (χ1) is 16.1. The van der Waals surface area contributed by atoms with E-state index in [1.165, 1.54) is 32.1 Å². The molecule has 33 heavy (non-hydrogen) atoms. The van der Waals surface area contributed by atoms with Crippen molar-refractivity contribution in [1.29, 1.82) is 0 Å². The Hall–Kier alpha value is -2.58. The van der Waals surface area contributed by atoms with E-state index in [2.05, 4.69) is 20.4 Å². The van der Waals surface area contributed by atoms with Crippen LogP contribution in [0.5, 0.6) is 5.75 Å². The molecule has 1 aliphatic carbocycles. The van der Waals surface area contributed by atoms with Gasteiger partial charge in [0, 0.05) is 50.0 Å². The third kappa shape index (κ3) is 5.50. The summed E-state index contributed by atoms with van der Waals surface area (Å²) in [6, 6.07) is 7.20. The molecule has 1 atom stereocenters. The van der Waals surface area contributed by atoms with Gasteiger partial charge in [-0.3, -0.25) is 9.80 Å². The van der Waals surface area contributed by atoms with Crippen LogP contribution in [0.15, 0.2) is 35.5 Å². The lowest BCUT2D eigenvalue weighted by molar-refractivity contribution is -0.139. The number of rotatable bonds is 7. The molecule has 1 aromatic carbocycles. The summed E-state index contributed by atoms with van der Waals surface area (Å²) in [4.78, 5) is 30.6. The first-order valence-electron chi connectivity index (χ1n) is 12.2. The van der Waals surface area contributed by atoms with Crippen molar-refractivity contribution in [2.75, 3.05) is 46.4 Å². The predicted molar refractivity (Wildman–Crippen MR) is 126 cm³/mol. The average molecular weight is 457 g/mol. The van der Waals surface area contributed by atoms with Crippen LogP contribution in [0.2, 0.25) is 0 Å². The average Bonchev–Trinajstić information content (AvgIpc) is 2.84. The quantitative estimate of drug-likeness (QED) is 0.614. The van der Waals surface area contributed by atoms with Gasteiger partial charge in [0.15, 0.2) is 0 Å². The van der Waals surface area contributed by atoms with Crippen molar-refractivity contribution >= 4 is 12.0 Å². The molecule has 3 aliphatic rings. The maximum atomic E-state index is 13.1. The van der Waals surface area contributed by atoms with Crippen molar-refractivity contribution in [2.24, 2.45) is 0 Å². The standard InChI is InChI=1S/C25H36N4O4/c1-3-33-24(30)22-20(17-28-13-15-29(16-14-28)18-9-5-4-6-10-18)26-25(31)27-23(22)19-11-7-8-12-21(19)32-2/h7-8,11-12,18,23H,3-6,9-10,13-17H2,1-2H3,(H2,26,27,31)/t23-/m0/s1. The molecule has 1 saturated carbocycles. The number of nitrogens with zero attached hydrogens (tertiary/aromatic N) is 2. The number of methoxy groups -OCH3 is 1. The van der Waals surface area contributed by atoms with Gasteiger partial charge in [-0.15, -0.1) is 0 Å². The largest absolute Gasteiger partial charge is 0.496 e. The number of carbonyl (C=O) groups excluding carboxylic acids is 2. The van der Waals surface area contributed by atoms with Crippen LogP contribution >= 0.6 is 0 Å². The highest BCUT2D eigenvalue weighted by Crippen LogP contribution is 2.34. The zero-order valence-corrected chi connectivity index (χ0v) is 19.8. The van der Waals surface area contributed by atoms with E-state index in [4.69, 9.17) is 9.47 Å². The molecule has 0 aromatic heterocycles. The maximum absolute atomic E-state index is 13.1. The smallest absolute Gasteiger partial charge is 0.338 e. The molecule has 0 spiro atoms. The molecule has 2 fully saturated rings. The lowest BCUT2D eigenvalue weighted by atomic mass is 9.93. The zero-order chi connectivity index (χ0) is 23.2. The van der Waals surface area contributed by atoms with Crippen LogP contribution in [0.1, 0.15) is 50.6 Å². The zero-order valence-electron chi connectivity index (χ0n) is 19.8. The van der Waals surface area contributed by atoms with Gasteiger partial charge in [0.25, 0.3) is 0 Å². The molecule has 8 nitrogen and oxygen atoms in total. The molecular formula is C25H36N4O4. The van der Waals surface area contributed by atoms with Gasteiger partial charge < -0.3 is 20.1 Å². The van der Waals surface area contributed by atoms with Crippen molar-refractivity contribution in [3.8, 4) is 5.75 Å². The molecule has 2 aliphatic heterocycles. The number of piperazine rings is 1. The van der Waals surface area contributed by atoms with Crippen molar-refractivity contribution in [3.63, 3.8) is 0 Å². The molecule has 0 unspecified atom stereocenters. The molecular weight excluding hydrogens is 420 g/mol. The highest BCUT2D eigenvalue weighted by atomic mass is 16.5. The van der Waals surface area contributed by atoms with Gasteiger partial charge in [-0.2, -0.15) is 0 Å². The maximum Gasteiger partial charge on any atom is 0.338 e. The lowest BCUT2D eigenvalue weighted by Crippen LogP contribution is -2.53. The summed E-state index contributed by atoms with van der Waals surface area (Å²) in [5.74, 6) is 0.198. The number of ether oxygens (including phenoxy) is 2. The summed E-state index contributed by atoms with van der Waals surface area (Å²) in [7, 11) is 1.59. The third-order valence-electron chi connectivity index (χ3n) is 6.98. The Morgan fingerprint density at radius 3 is 2.52 bits per heavy atom. The van der Waals surface area contributed by atoms with Crippen LogP contribution in [0.4, 0.5) is 4.79 Å². The van der Waals surface area contributed by atoms with E-state index in [0.717, 1.165) is 31.7 Å². The first-order valence-corrected chi connectivity index (χ1v) is 12.2. The minimum absolute atomic E-state index is 0.266. The summed E-state index contributed by atoms with van der Waals surface area (Å²) in [5.41, 5.74) is 1.78. The number of nitrogens with one attached hydrogen (secondary N) is 2. The molecule has 4 rings (SSSR count). The van der Waals surface area contributed by atoms with Crippen LogP contribution in [-0.4, -0.2) is 74.3 Å². The van der Waals surface area contributed by atoms with Crippen LogP contribution in [0.25, 0.3) is 0 Å². The second kappa shape index (κ2) is 11.0. The fourth-order valence-electron chi connectivity index (χ4n) is 5.29. The van der Waals surface area contributed by atoms with E-state index in [1.54, 1.807) is 14.0 Å². The van der Waals surface area contributed by atoms with Gasteiger partial charge in [0.2, 0.25) is 0 Å². The SMILES string of the molecule is CCOC(=O)C1=C(CN2CCN(C3CCCCC3)CC2)NC(=O)N[C@H]1c1ccccc1OC. The van der Waals surface area contributed by atoms with Gasteiger partial charge in [-0.1, -0.05) is 37.5 Å². The number of hydrogen-bond acceptors (Lipinski definition) is 6. The second-order valence-corrected chi connectivity index (χ2v) is 8.99. The number of esters is 1. The highest BCUT2D eigenvalue weighted by Gasteiger charge is 2.36. The van der Waals surface area contributed by atoms with Crippen LogP contribution in [-0.2, 0) is 9.53 Å². The molecule has 2 heterocycles. The second-order valence-electron chi connectivity index (χ2n) is 8.99. The Morgan fingerprint density at radius 1 is 1.09 bits per heavy atom. The summed E-state index contributed by atoms with van der Waals surface area (Å²) >= 11 is 0. The molecule has 0 bridgehead atoms. The Balaban J connectivity index is 1.55. The number of para-hydroxylation sites is 1. The summed E-state index contributed by atoms with van der Waals surface area (Å²) in [5, 5.41) is 5.80. The highest BCUT2D eigenvalue weighted by molar-refractivity contribution is 5.95. The van der Waals surface area contributed by atoms with Gasteiger partial charge in [-0.05, 0) is 25.8 Å². The van der Waals surface area contributed by atoms with Gasteiger partial charge in [-0.25, -0.2) is 9.59 Å². The van der Waals surface area contributed by atoms with Crippen molar-refractivity contribution in [1.82, 2.24) is 20.4 Å². The fourth-order valence-corrected chi connectivity index (χ4v) is 5.29. The normalized spacial score (nSPS) is 23.1. The fraction of sp³-hybridized carbons (Fsp3) is 0.600. The van der Waals surface area contributed by atoms with E-state index in [9.17, 15) is 9.59 Å². The Bertz CT molecular complexity index is 873. The molecule has 2 amide bonds. The van der Waals surface area contributed by atoms with Gasteiger partial charge >= 0.3 is 12.0 Å². The minimum Gasteiger partial charge on any atom is -0.496 e. The monoisotopic (exact) mass is 456 g/mol. The Labute approximate surface area is 196 Å². The Kier molecular flexibility index (Phi) is 7.88. The first kappa shape index (κ1) is 23.6. The van der Waals surface area contributed by atoms with Gasteiger partial charge in [0.1, 0.15) is 5.75 Å². The van der Waals surface area contributed by atoms with Crippen molar-refractivity contribution < 1.29 is 19.1 Å². The van der Waals surface area contributed by atoms with Crippen LogP contribution < -0.4 is 15.4 Å². The summed E-state index contributed by atoms with van der Waals surface area (Å²) in [6.45, 7) is 6.44. The summed E-state index contributed by atoms with van der Waals surface area (Å²) < 4.78 is 10.9. The van der Waals surface area contributed by atoms with Gasteiger partial charge in [0.05, 0.1) is 25.3 Å². The van der Waals surface area contributed by atoms with E-state index in [0.29, 0.717) is 29.6 Å². The Morgan fingerprint density at radius 2 is 1.82 bits per heavy atom. The number of urea groups is 1. The molecule has 1 saturated heterocycles. The minimum atomic E-state index is -0.632. The van der Waals surface area contributed by atoms with E-state index in [-0.39, 0.29) is 12.6 Å². The molecule has 180 valence electrons. The van der Waals surface area contributed by atoms with E-state index >= 15 is 0 Å². The number of benzene rings is 1. The van der Waals surface area contributed by atoms with Crippen molar-refractivity contribution in [2.45, 2.75) is 51.1 Å². The van der Waals surface area contributed by atoms with Crippen LogP contribution in [0, 0.1) is 0 Å². The summed E-state index contributed by atoms with van der Waals surface area (Å²) in [6.07, 6.45) is 6.65. The molecule has 2 N–H and O–H groups in total. The number of carbonyl (C=O) groups is 2. The van der Waals surface area contributed by atoms with E-state index in [1.807, 2.05) is 24.3 Å². The van der Waals surface area contributed by atoms with E-state index < -0.39 is 12.0 Å². The molecule has 8 heteroatoms. The topological polar surface area (TPSA) is 83.1 Å². The molecule has 0 radical (unpaired) electrons. The predicted octanol–water partition coefficient (Wildman–Crippen LogP) is 2.82. The number of hydrogen-bond donors (Lipinski definition) is 2. The molecule has 1 aromatic rings. The lowest BCUT2D eigenvalue weighted by Gasteiger charge is -2.41.